The van der Waals surface area contributed by atoms with Crippen LogP contribution in [0.5, 0.6) is 5.75 Å². The molecule has 3 unspecified atom stereocenters. The lowest BCUT2D eigenvalue weighted by Crippen LogP contribution is -2.29. The number of rotatable bonds is 4. The minimum atomic E-state index is -0.130. The molecule has 1 fully saturated rings. The molecule has 1 N–H and O–H groups in total. The number of ether oxygens (including phenoxy) is 1. The van der Waals surface area contributed by atoms with Gasteiger partial charge in [-0.25, -0.2) is 0 Å². The molecule has 1 aromatic carbocycles. The van der Waals surface area contributed by atoms with Crippen molar-refractivity contribution in [2.75, 3.05) is 6.61 Å². The van der Waals surface area contributed by atoms with E-state index in [9.17, 15) is 5.11 Å². The molecule has 2 rings (SSSR count). The predicted molar refractivity (Wildman–Crippen MR) is 76.8 cm³/mol. The number of aliphatic hydroxyl groups is 1. The number of benzene rings is 1. The average molecular weight is 313 g/mol. The van der Waals surface area contributed by atoms with Crippen molar-refractivity contribution in [1.82, 2.24) is 0 Å². The summed E-state index contributed by atoms with van der Waals surface area (Å²) >= 11 is 3.40. The zero-order valence-corrected chi connectivity index (χ0v) is 12.4. The van der Waals surface area contributed by atoms with E-state index < -0.39 is 0 Å². The van der Waals surface area contributed by atoms with Crippen LogP contribution in [0.1, 0.15) is 32.6 Å². The smallest absolute Gasteiger partial charge is 0.119 e. The Hall–Kier alpha value is -0.540. The molecule has 0 spiro atoms. The summed E-state index contributed by atoms with van der Waals surface area (Å²) in [6.07, 6.45) is 4.05. The molecule has 0 aliphatic heterocycles. The summed E-state index contributed by atoms with van der Waals surface area (Å²) < 4.78 is 6.78. The van der Waals surface area contributed by atoms with Gasteiger partial charge in [0.05, 0.1) is 12.7 Å². The first kappa shape index (κ1) is 13.9. The van der Waals surface area contributed by atoms with Gasteiger partial charge in [-0.1, -0.05) is 22.9 Å². The molecule has 3 atom stereocenters. The van der Waals surface area contributed by atoms with E-state index in [1.165, 1.54) is 0 Å². The molecule has 1 saturated carbocycles. The van der Waals surface area contributed by atoms with Gasteiger partial charge in [-0.2, -0.15) is 0 Å². The third-order valence-corrected chi connectivity index (χ3v) is 4.30. The van der Waals surface area contributed by atoms with Crippen LogP contribution in [0, 0.1) is 11.8 Å². The monoisotopic (exact) mass is 312 g/mol. The Morgan fingerprint density at radius 2 is 2.00 bits per heavy atom. The van der Waals surface area contributed by atoms with Crippen LogP contribution in [0.15, 0.2) is 28.7 Å². The second-order valence-corrected chi connectivity index (χ2v) is 6.25. The van der Waals surface area contributed by atoms with E-state index in [2.05, 4.69) is 22.9 Å². The summed E-state index contributed by atoms with van der Waals surface area (Å²) in [4.78, 5) is 0. The molecule has 18 heavy (non-hydrogen) atoms. The lowest BCUT2D eigenvalue weighted by Gasteiger charge is -2.31. The van der Waals surface area contributed by atoms with E-state index in [1.54, 1.807) is 0 Å². The van der Waals surface area contributed by atoms with Gasteiger partial charge >= 0.3 is 0 Å². The molecule has 1 aromatic rings. The zero-order chi connectivity index (χ0) is 13.0. The van der Waals surface area contributed by atoms with Gasteiger partial charge in [-0.15, -0.1) is 0 Å². The Balaban J connectivity index is 1.76. The molecule has 0 heterocycles. The first-order valence-corrected chi connectivity index (χ1v) is 7.51. The first-order chi connectivity index (χ1) is 8.65. The fraction of sp³-hybridized carbons (Fsp3) is 0.600. The first-order valence-electron chi connectivity index (χ1n) is 6.71. The highest BCUT2D eigenvalue weighted by atomic mass is 79.9. The van der Waals surface area contributed by atoms with E-state index in [0.29, 0.717) is 12.5 Å². The summed E-state index contributed by atoms with van der Waals surface area (Å²) in [5, 5.41) is 9.96. The minimum Gasteiger partial charge on any atom is -0.494 e. The summed E-state index contributed by atoms with van der Waals surface area (Å²) in [5.74, 6) is 2.05. The molecule has 1 aliphatic carbocycles. The topological polar surface area (TPSA) is 29.5 Å². The van der Waals surface area contributed by atoms with E-state index in [4.69, 9.17) is 4.74 Å². The third kappa shape index (κ3) is 3.99. The van der Waals surface area contributed by atoms with Gasteiger partial charge in [0.25, 0.3) is 0 Å². The van der Waals surface area contributed by atoms with Gasteiger partial charge < -0.3 is 9.84 Å². The fourth-order valence-corrected chi connectivity index (χ4v) is 2.92. The average Bonchev–Trinajstić information content (AvgIpc) is 2.36. The van der Waals surface area contributed by atoms with Gasteiger partial charge in [0.15, 0.2) is 0 Å². The minimum absolute atomic E-state index is 0.130. The number of hydrogen-bond acceptors (Lipinski definition) is 2. The SMILES string of the molecule is CC1CCC(O)C(CCOc2ccc(Br)cc2)C1. The number of halogens is 1. The Morgan fingerprint density at radius 3 is 2.72 bits per heavy atom. The largest absolute Gasteiger partial charge is 0.494 e. The quantitative estimate of drug-likeness (QED) is 0.910. The molecule has 0 radical (unpaired) electrons. The van der Waals surface area contributed by atoms with Gasteiger partial charge in [0, 0.05) is 4.47 Å². The van der Waals surface area contributed by atoms with Crippen LogP contribution in [0.2, 0.25) is 0 Å². The highest BCUT2D eigenvalue weighted by Crippen LogP contribution is 2.31. The maximum atomic E-state index is 9.96. The maximum absolute atomic E-state index is 9.96. The lowest BCUT2D eigenvalue weighted by atomic mass is 9.79. The molecule has 0 aromatic heterocycles. The highest BCUT2D eigenvalue weighted by Gasteiger charge is 2.26. The Morgan fingerprint density at radius 1 is 1.28 bits per heavy atom. The van der Waals surface area contributed by atoms with Crippen LogP contribution >= 0.6 is 15.9 Å². The van der Waals surface area contributed by atoms with Gasteiger partial charge in [0.2, 0.25) is 0 Å². The standard InChI is InChI=1S/C15H21BrO2/c1-11-2-7-15(17)12(10-11)8-9-18-14-5-3-13(16)4-6-14/h3-6,11-12,15,17H,2,7-10H2,1H3. The van der Waals surface area contributed by atoms with Crippen molar-refractivity contribution in [1.29, 1.82) is 0 Å². The van der Waals surface area contributed by atoms with E-state index in [1.807, 2.05) is 24.3 Å². The highest BCUT2D eigenvalue weighted by molar-refractivity contribution is 9.10. The zero-order valence-electron chi connectivity index (χ0n) is 10.8. The second-order valence-electron chi connectivity index (χ2n) is 5.34. The Labute approximate surface area is 117 Å². The Kier molecular flexibility index (Phi) is 5.07. The van der Waals surface area contributed by atoms with Gasteiger partial charge in [0.1, 0.15) is 5.75 Å². The molecule has 3 heteroatoms. The van der Waals surface area contributed by atoms with Crippen LogP contribution in [0.4, 0.5) is 0 Å². The van der Waals surface area contributed by atoms with Crippen LogP contribution in [-0.4, -0.2) is 17.8 Å². The Bertz CT molecular complexity index is 363. The molecule has 0 saturated heterocycles. The van der Waals surface area contributed by atoms with Crippen molar-refractivity contribution in [3.63, 3.8) is 0 Å². The van der Waals surface area contributed by atoms with Crippen molar-refractivity contribution in [2.45, 2.75) is 38.7 Å². The van der Waals surface area contributed by atoms with Crippen molar-refractivity contribution in [3.8, 4) is 5.75 Å². The van der Waals surface area contributed by atoms with Crippen LogP contribution in [0.25, 0.3) is 0 Å². The number of aliphatic hydroxyl groups excluding tert-OH is 1. The fourth-order valence-electron chi connectivity index (χ4n) is 2.65. The predicted octanol–water partition coefficient (Wildman–Crippen LogP) is 4.02. The van der Waals surface area contributed by atoms with Crippen molar-refractivity contribution >= 4 is 15.9 Å². The summed E-state index contributed by atoms with van der Waals surface area (Å²) in [6.45, 7) is 2.96. The molecule has 0 bridgehead atoms. The van der Waals surface area contributed by atoms with E-state index >= 15 is 0 Å². The molecule has 2 nitrogen and oxygen atoms in total. The van der Waals surface area contributed by atoms with Crippen LogP contribution in [0.3, 0.4) is 0 Å². The van der Waals surface area contributed by atoms with Crippen molar-refractivity contribution in [2.24, 2.45) is 11.8 Å². The van der Waals surface area contributed by atoms with E-state index in [0.717, 1.165) is 41.8 Å². The maximum Gasteiger partial charge on any atom is 0.119 e. The van der Waals surface area contributed by atoms with Crippen molar-refractivity contribution < 1.29 is 9.84 Å². The molecular formula is C15H21BrO2. The molecule has 0 amide bonds. The van der Waals surface area contributed by atoms with Crippen molar-refractivity contribution in [3.05, 3.63) is 28.7 Å². The normalized spacial score (nSPS) is 28.1. The summed E-state index contributed by atoms with van der Waals surface area (Å²) in [6, 6.07) is 7.88. The number of hydrogen-bond donors (Lipinski definition) is 1. The lowest BCUT2D eigenvalue weighted by molar-refractivity contribution is 0.0402. The molecular weight excluding hydrogens is 292 g/mol. The van der Waals surface area contributed by atoms with Crippen LogP contribution < -0.4 is 4.74 Å². The summed E-state index contributed by atoms with van der Waals surface area (Å²) in [7, 11) is 0. The third-order valence-electron chi connectivity index (χ3n) is 3.78. The molecule has 1 aliphatic rings. The second kappa shape index (κ2) is 6.58. The van der Waals surface area contributed by atoms with Crippen LogP contribution in [-0.2, 0) is 0 Å². The molecule has 100 valence electrons. The van der Waals surface area contributed by atoms with Gasteiger partial charge in [-0.3, -0.25) is 0 Å². The van der Waals surface area contributed by atoms with E-state index in [-0.39, 0.29) is 6.10 Å². The summed E-state index contributed by atoms with van der Waals surface area (Å²) in [5.41, 5.74) is 0. The van der Waals surface area contributed by atoms with Gasteiger partial charge in [-0.05, 0) is 61.8 Å².